The van der Waals surface area contributed by atoms with Crippen molar-refractivity contribution in [2.75, 3.05) is 7.11 Å². The van der Waals surface area contributed by atoms with Gasteiger partial charge < -0.3 is 14.6 Å². The summed E-state index contributed by atoms with van der Waals surface area (Å²) in [5.74, 6) is 0.436. The van der Waals surface area contributed by atoms with Gasteiger partial charge in [0.15, 0.2) is 11.5 Å². The van der Waals surface area contributed by atoms with Crippen LogP contribution in [0.2, 0.25) is 0 Å². The molecule has 1 aromatic carbocycles. The van der Waals surface area contributed by atoms with Crippen molar-refractivity contribution in [3.63, 3.8) is 0 Å². The molecule has 2 rings (SSSR count). The minimum Gasteiger partial charge on any atom is -0.493 e. The first-order chi connectivity index (χ1) is 9.10. The summed E-state index contributed by atoms with van der Waals surface area (Å²) in [6.45, 7) is 1.86. The molecule has 0 spiro atoms. The number of methoxy groups -OCH3 is 1. The number of aryl methyl sites for hydroxylation is 1. The maximum Gasteiger partial charge on any atom is 0.335 e. The first-order valence-electron chi connectivity index (χ1n) is 5.62. The Morgan fingerprint density at radius 1 is 1.21 bits per heavy atom. The summed E-state index contributed by atoms with van der Waals surface area (Å²) >= 11 is 0. The van der Waals surface area contributed by atoms with E-state index in [1.807, 2.05) is 6.92 Å². The van der Waals surface area contributed by atoms with Gasteiger partial charge in [0.2, 0.25) is 0 Å². The summed E-state index contributed by atoms with van der Waals surface area (Å²) in [7, 11) is 1.46. The van der Waals surface area contributed by atoms with Gasteiger partial charge in [0.05, 0.1) is 12.7 Å². The molecule has 2 aromatic rings. The Bertz CT molecular complexity index is 610. The molecule has 98 valence electrons. The predicted octanol–water partition coefficient (Wildman–Crippen LogP) is 2.89. The predicted molar refractivity (Wildman–Crippen MR) is 69.0 cm³/mol. The third kappa shape index (κ3) is 3.01. The van der Waals surface area contributed by atoms with Crippen LogP contribution in [-0.2, 0) is 0 Å². The van der Waals surface area contributed by atoms with E-state index in [4.69, 9.17) is 14.6 Å². The molecule has 5 nitrogen and oxygen atoms in total. The van der Waals surface area contributed by atoms with Crippen LogP contribution >= 0.6 is 0 Å². The summed E-state index contributed by atoms with van der Waals surface area (Å²) in [6.07, 6.45) is 1.64. The van der Waals surface area contributed by atoms with Crippen LogP contribution < -0.4 is 9.47 Å². The Morgan fingerprint density at radius 3 is 2.63 bits per heavy atom. The lowest BCUT2D eigenvalue weighted by molar-refractivity contribution is 0.0696. The molecule has 0 atom stereocenters. The van der Waals surface area contributed by atoms with Crippen molar-refractivity contribution in [1.29, 1.82) is 0 Å². The van der Waals surface area contributed by atoms with Gasteiger partial charge in [-0.3, -0.25) is 4.98 Å². The largest absolute Gasteiger partial charge is 0.493 e. The lowest BCUT2D eigenvalue weighted by atomic mass is 10.2. The number of nitrogens with zero attached hydrogens (tertiary/aromatic N) is 1. The number of carboxylic acid groups (broad SMARTS) is 1. The number of pyridine rings is 1. The summed E-state index contributed by atoms with van der Waals surface area (Å²) in [6, 6.07) is 7.96. The molecule has 0 radical (unpaired) electrons. The average Bonchev–Trinajstić information content (AvgIpc) is 2.39. The Morgan fingerprint density at radius 2 is 2.00 bits per heavy atom. The quantitative estimate of drug-likeness (QED) is 0.914. The Kier molecular flexibility index (Phi) is 3.66. The van der Waals surface area contributed by atoms with Gasteiger partial charge in [-0.15, -0.1) is 0 Å². The highest BCUT2D eigenvalue weighted by Gasteiger charge is 2.10. The van der Waals surface area contributed by atoms with Gasteiger partial charge in [0, 0.05) is 18.0 Å². The molecule has 19 heavy (non-hydrogen) atoms. The molecule has 0 bridgehead atoms. The van der Waals surface area contributed by atoms with E-state index in [1.54, 1.807) is 24.4 Å². The maximum atomic E-state index is 10.9. The molecule has 0 aliphatic rings. The van der Waals surface area contributed by atoms with E-state index in [1.165, 1.54) is 19.2 Å². The smallest absolute Gasteiger partial charge is 0.335 e. The second kappa shape index (κ2) is 5.39. The number of hydrogen-bond donors (Lipinski definition) is 1. The van der Waals surface area contributed by atoms with Crippen molar-refractivity contribution >= 4 is 5.97 Å². The van der Waals surface area contributed by atoms with Gasteiger partial charge in [-0.1, -0.05) is 0 Å². The lowest BCUT2D eigenvalue weighted by Gasteiger charge is -2.11. The SMILES string of the molecule is COc1cc(C(=O)O)ccc1Oc1ccnc(C)c1. The topological polar surface area (TPSA) is 68.7 Å². The van der Waals surface area contributed by atoms with Gasteiger partial charge in [-0.2, -0.15) is 0 Å². The summed E-state index contributed by atoms with van der Waals surface area (Å²) in [5, 5.41) is 8.92. The van der Waals surface area contributed by atoms with Crippen LogP contribution in [0.3, 0.4) is 0 Å². The first-order valence-corrected chi connectivity index (χ1v) is 5.62. The third-order valence-electron chi connectivity index (χ3n) is 2.51. The minimum absolute atomic E-state index is 0.148. The summed E-state index contributed by atoms with van der Waals surface area (Å²) < 4.78 is 10.8. The molecule has 1 heterocycles. The second-order valence-corrected chi connectivity index (χ2v) is 3.91. The van der Waals surface area contributed by atoms with E-state index in [0.29, 0.717) is 17.2 Å². The Balaban J connectivity index is 2.32. The van der Waals surface area contributed by atoms with E-state index < -0.39 is 5.97 Å². The van der Waals surface area contributed by atoms with Crippen molar-refractivity contribution < 1.29 is 19.4 Å². The maximum absolute atomic E-state index is 10.9. The van der Waals surface area contributed by atoms with E-state index in [2.05, 4.69) is 4.98 Å². The second-order valence-electron chi connectivity index (χ2n) is 3.91. The Labute approximate surface area is 110 Å². The monoisotopic (exact) mass is 259 g/mol. The number of hydrogen-bond acceptors (Lipinski definition) is 4. The third-order valence-corrected chi connectivity index (χ3v) is 2.51. The molecule has 0 amide bonds. The van der Waals surface area contributed by atoms with Crippen LogP contribution in [0.25, 0.3) is 0 Å². The molecule has 0 unspecified atom stereocenters. The van der Waals surface area contributed by atoms with E-state index in [-0.39, 0.29) is 5.56 Å². The fourth-order valence-corrected chi connectivity index (χ4v) is 1.59. The van der Waals surface area contributed by atoms with Crippen molar-refractivity contribution in [3.8, 4) is 17.2 Å². The van der Waals surface area contributed by atoms with E-state index in [0.717, 1.165) is 5.69 Å². The number of aromatic nitrogens is 1. The van der Waals surface area contributed by atoms with Crippen LogP contribution in [0.5, 0.6) is 17.2 Å². The molecular formula is C14H13NO4. The molecule has 1 aromatic heterocycles. The zero-order valence-corrected chi connectivity index (χ0v) is 10.6. The number of rotatable bonds is 4. The van der Waals surface area contributed by atoms with Crippen molar-refractivity contribution in [1.82, 2.24) is 4.98 Å². The lowest BCUT2D eigenvalue weighted by Crippen LogP contribution is -1.98. The fourth-order valence-electron chi connectivity index (χ4n) is 1.59. The standard InChI is InChI=1S/C14H13NO4/c1-9-7-11(5-6-15-9)19-12-4-3-10(14(16)17)8-13(12)18-2/h3-8H,1-2H3,(H,16,17). The van der Waals surface area contributed by atoms with Crippen molar-refractivity contribution in [2.24, 2.45) is 0 Å². The number of benzene rings is 1. The Hall–Kier alpha value is -2.56. The molecule has 0 aliphatic heterocycles. The van der Waals surface area contributed by atoms with Gasteiger partial charge in [-0.05, 0) is 31.2 Å². The highest BCUT2D eigenvalue weighted by molar-refractivity contribution is 5.88. The number of carboxylic acids is 1. The molecular weight excluding hydrogens is 246 g/mol. The molecule has 0 saturated carbocycles. The molecule has 0 aliphatic carbocycles. The first kappa shape index (κ1) is 12.9. The zero-order chi connectivity index (χ0) is 13.8. The molecule has 1 N–H and O–H groups in total. The molecule has 0 fully saturated rings. The van der Waals surface area contributed by atoms with Crippen molar-refractivity contribution in [3.05, 3.63) is 47.8 Å². The van der Waals surface area contributed by atoms with Gasteiger partial charge >= 0.3 is 5.97 Å². The van der Waals surface area contributed by atoms with Gasteiger partial charge in [0.25, 0.3) is 0 Å². The number of carbonyl (C=O) groups is 1. The molecule has 5 heteroatoms. The molecule has 0 saturated heterocycles. The summed E-state index contributed by atoms with van der Waals surface area (Å²) in [5.41, 5.74) is 0.980. The minimum atomic E-state index is -1.01. The van der Waals surface area contributed by atoms with Crippen LogP contribution in [0, 0.1) is 6.92 Å². The van der Waals surface area contributed by atoms with Crippen molar-refractivity contribution in [2.45, 2.75) is 6.92 Å². The van der Waals surface area contributed by atoms with Gasteiger partial charge in [-0.25, -0.2) is 4.79 Å². The number of ether oxygens (including phenoxy) is 2. The fraction of sp³-hybridized carbons (Fsp3) is 0.143. The van der Waals surface area contributed by atoms with Gasteiger partial charge in [0.1, 0.15) is 5.75 Å². The van der Waals surface area contributed by atoms with Crippen LogP contribution in [0.15, 0.2) is 36.5 Å². The average molecular weight is 259 g/mol. The zero-order valence-electron chi connectivity index (χ0n) is 10.6. The highest BCUT2D eigenvalue weighted by atomic mass is 16.5. The van der Waals surface area contributed by atoms with E-state index >= 15 is 0 Å². The van der Waals surface area contributed by atoms with Crippen LogP contribution in [0.4, 0.5) is 0 Å². The number of aromatic carboxylic acids is 1. The normalized spacial score (nSPS) is 10.0. The van der Waals surface area contributed by atoms with Crippen LogP contribution in [-0.4, -0.2) is 23.2 Å². The van der Waals surface area contributed by atoms with E-state index in [9.17, 15) is 4.79 Å². The summed E-state index contributed by atoms with van der Waals surface area (Å²) in [4.78, 5) is 15.0. The highest BCUT2D eigenvalue weighted by Crippen LogP contribution is 2.32. The van der Waals surface area contributed by atoms with Crippen LogP contribution in [0.1, 0.15) is 16.1 Å².